The van der Waals surface area contributed by atoms with E-state index in [2.05, 4.69) is 84.9 Å². The van der Waals surface area contributed by atoms with Crippen molar-refractivity contribution in [3.8, 4) is 45.3 Å². The van der Waals surface area contributed by atoms with Crippen LogP contribution in [-0.4, -0.2) is 93.7 Å². The van der Waals surface area contributed by atoms with Gasteiger partial charge in [-0.25, -0.2) is 0 Å². The lowest BCUT2D eigenvalue weighted by Crippen LogP contribution is -2.28. The van der Waals surface area contributed by atoms with Crippen LogP contribution in [0.4, 0.5) is 0 Å². The van der Waals surface area contributed by atoms with Crippen molar-refractivity contribution >= 4 is 29.7 Å². The van der Waals surface area contributed by atoms with E-state index in [1.165, 1.54) is 0 Å². The second-order valence-electron chi connectivity index (χ2n) is 22.0. The fourth-order valence-electron chi connectivity index (χ4n) is 11.5. The molecule has 0 aliphatic heterocycles. The highest BCUT2D eigenvalue weighted by Gasteiger charge is 2.47. The lowest BCUT2D eigenvalue weighted by Gasteiger charge is -2.34. The van der Waals surface area contributed by atoms with Gasteiger partial charge < -0.3 is 43.0 Å². The summed E-state index contributed by atoms with van der Waals surface area (Å²) in [5.41, 5.74) is 11.7. The third-order valence-corrected chi connectivity index (χ3v) is 15.7. The van der Waals surface area contributed by atoms with Crippen molar-refractivity contribution in [3.05, 3.63) is 239 Å². The first-order valence-corrected chi connectivity index (χ1v) is 29.5. The second kappa shape index (κ2) is 27.7. The van der Waals surface area contributed by atoms with Gasteiger partial charge in [-0.05, 0) is 115 Å². The van der Waals surface area contributed by atoms with Gasteiger partial charge in [0.2, 0.25) is 5.78 Å². The second-order valence-corrected chi connectivity index (χ2v) is 22.0. The average molecular weight is 1170 g/mol. The topological polar surface area (TPSA) is 179 Å². The molecule has 0 aromatic heterocycles. The average Bonchev–Trinajstić information content (AvgIpc) is 1.73. The van der Waals surface area contributed by atoms with Gasteiger partial charge in [0.05, 0.1) is 37.3 Å². The highest BCUT2D eigenvalue weighted by atomic mass is 16.6. The third kappa shape index (κ3) is 13.3. The molecule has 0 amide bonds. The van der Waals surface area contributed by atoms with Crippen molar-refractivity contribution in [1.82, 2.24) is 0 Å². The molecule has 1 N–H and O–H groups in total. The molecular formula is C73H70O14. The number of hydrogen-bond donors (Lipinski definition) is 1. The number of carbonyl (C=O) groups excluding carboxylic acids is 5. The molecule has 8 aromatic rings. The molecule has 0 saturated carbocycles. The van der Waals surface area contributed by atoms with E-state index in [-0.39, 0.29) is 89.3 Å². The summed E-state index contributed by atoms with van der Waals surface area (Å²) in [5, 5.41) is 10.4. The van der Waals surface area contributed by atoms with Crippen LogP contribution < -0.4 is 18.9 Å². The largest absolute Gasteiger partial charge is 0.493 e. The number of rotatable bonds is 28. The standard InChI is InChI=1S/C73H70O14/c1-5-68(76)86-46-54(74)44-82-58-35-27-52(28-36-58)72(64-19-11-7-15-60(64)61-16-8-12-20-65(61)72)50-23-31-56(32-24-50)80-40-48(3)42-84-70(78)39-71(79)85-43-49(4)41-81-57-33-25-51(26-34-57)73(66-21-13-9-17-62(66)63-18-10-14-22-67(63)73)53-29-37-59(38-30-53)83-45-55(75)47-87-69(77)6-2/h7-38,48-49,54,74H,5-6,39-47H2,1-4H3. The number of carbonyl (C=O) groups is 5. The van der Waals surface area contributed by atoms with Crippen LogP contribution in [0.1, 0.15) is 91.5 Å². The lowest BCUT2D eigenvalue weighted by molar-refractivity contribution is -0.156. The van der Waals surface area contributed by atoms with Crippen molar-refractivity contribution in [2.75, 3.05) is 52.9 Å². The van der Waals surface area contributed by atoms with Gasteiger partial charge in [0, 0.05) is 24.7 Å². The zero-order valence-electron chi connectivity index (χ0n) is 49.2. The predicted molar refractivity (Wildman–Crippen MR) is 328 cm³/mol. The molecule has 14 nitrogen and oxygen atoms in total. The van der Waals surface area contributed by atoms with E-state index >= 15 is 0 Å². The van der Waals surface area contributed by atoms with Crippen molar-refractivity contribution in [3.63, 3.8) is 0 Å². The molecule has 0 fully saturated rings. The van der Waals surface area contributed by atoms with E-state index < -0.39 is 41.3 Å². The fourth-order valence-corrected chi connectivity index (χ4v) is 11.5. The Hall–Kier alpha value is -9.53. The summed E-state index contributed by atoms with van der Waals surface area (Å²) in [6.07, 6.45) is -1.08. The summed E-state index contributed by atoms with van der Waals surface area (Å²) in [4.78, 5) is 61.2. The van der Waals surface area contributed by atoms with Gasteiger partial charge >= 0.3 is 23.9 Å². The molecule has 0 bridgehead atoms. The molecule has 0 spiro atoms. The summed E-state index contributed by atoms with van der Waals surface area (Å²) < 4.78 is 45.2. The molecule has 87 heavy (non-hydrogen) atoms. The summed E-state index contributed by atoms with van der Waals surface area (Å²) in [5.74, 6) is -0.589. The van der Waals surface area contributed by atoms with Gasteiger partial charge in [-0.2, -0.15) is 0 Å². The number of ketones is 1. The van der Waals surface area contributed by atoms with E-state index in [1.54, 1.807) is 13.8 Å². The Labute approximate surface area is 506 Å². The van der Waals surface area contributed by atoms with E-state index in [1.807, 2.05) is 123 Å². The zero-order chi connectivity index (χ0) is 60.9. The van der Waals surface area contributed by atoms with Crippen molar-refractivity contribution in [2.24, 2.45) is 11.8 Å². The molecule has 0 heterocycles. The third-order valence-electron chi connectivity index (χ3n) is 15.7. The Bertz CT molecular complexity index is 3610. The summed E-state index contributed by atoms with van der Waals surface area (Å²) in [6.45, 7) is 7.01. The molecule has 0 saturated heterocycles. The minimum Gasteiger partial charge on any atom is -0.493 e. The van der Waals surface area contributed by atoms with E-state index in [4.69, 9.17) is 37.9 Å². The molecule has 8 aromatic carbocycles. The predicted octanol–water partition coefficient (Wildman–Crippen LogP) is 12.2. The maximum atomic E-state index is 12.8. The van der Waals surface area contributed by atoms with Gasteiger partial charge in [-0.3, -0.25) is 24.0 Å². The maximum Gasteiger partial charge on any atom is 0.317 e. The first kappa shape index (κ1) is 60.6. The van der Waals surface area contributed by atoms with Crippen LogP contribution in [0.15, 0.2) is 194 Å². The van der Waals surface area contributed by atoms with E-state index in [0.29, 0.717) is 23.0 Å². The highest BCUT2D eigenvalue weighted by molar-refractivity contribution is 5.91. The Morgan fingerprint density at radius 1 is 0.356 bits per heavy atom. The van der Waals surface area contributed by atoms with Gasteiger partial charge in [0.25, 0.3) is 0 Å². The van der Waals surface area contributed by atoms with Crippen LogP contribution in [-0.2, 0) is 53.8 Å². The van der Waals surface area contributed by atoms with Gasteiger partial charge in [0.15, 0.2) is 6.61 Å². The first-order chi connectivity index (χ1) is 42.3. The molecule has 2 aliphatic carbocycles. The number of Topliss-reactive ketones (excluding diaryl/α,β-unsaturated/α-hetero) is 1. The van der Waals surface area contributed by atoms with Crippen molar-refractivity contribution in [1.29, 1.82) is 0 Å². The minimum atomic E-state index is -0.969. The number of benzene rings is 8. The van der Waals surface area contributed by atoms with Crippen LogP contribution in [0.25, 0.3) is 22.3 Å². The molecule has 0 radical (unpaired) electrons. The highest BCUT2D eigenvalue weighted by Crippen LogP contribution is 2.58. The van der Waals surface area contributed by atoms with Crippen LogP contribution in [0.2, 0.25) is 0 Å². The first-order valence-electron chi connectivity index (χ1n) is 29.5. The van der Waals surface area contributed by atoms with E-state index in [0.717, 1.165) is 66.8 Å². The van der Waals surface area contributed by atoms with Gasteiger partial charge in [0.1, 0.15) is 55.3 Å². The Morgan fingerprint density at radius 2 is 0.667 bits per heavy atom. The van der Waals surface area contributed by atoms with Crippen molar-refractivity contribution < 1.29 is 67.0 Å². The number of fused-ring (bicyclic) bond motifs is 6. The minimum absolute atomic E-state index is 0.0348. The maximum absolute atomic E-state index is 12.8. The SMILES string of the molecule is CCC(=O)OCC(=O)COc1ccc(C2(c3ccc(OCC(C)COC(=O)CC(=O)OCC(C)COc4ccc(C5(c6ccc(OCC(O)COC(=O)CC)cc6)c6ccccc6-c6ccccc65)cc4)cc3)c3ccccc3-c3ccccc32)cc1. The number of aliphatic hydroxyl groups is 1. The molecule has 2 aliphatic rings. The van der Waals surface area contributed by atoms with Crippen molar-refractivity contribution in [2.45, 2.75) is 63.9 Å². The Morgan fingerprint density at radius 3 is 1.02 bits per heavy atom. The van der Waals surface area contributed by atoms with Gasteiger partial charge in [-0.15, -0.1) is 0 Å². The van der Waals surface area contributed by atoms with Crippen LogP contribution >= 0.6 is 0 Å². The Kier molecular flexibility index (Phi) is 19.3. The number of hydrogen-bond acceptors (Lipinski definition) is 14. The molecule has 446 valence electrons. The normalized spacial score (nSPS) is 13.9. The fraction of sp³-hybridized carbons (Fsp3) is 0.274. The lowest BCUT2D eigenvalue weighted by atomic mass is 9.68. The van der Waals surface area contributed by atoms with Gasteiger partial charge in [-0.1, -0.05) is 173 Å². The summed E-state index contributed by atoms with van der Waals surface area (Å²) in [6, 6.07) is 65.2. The van der Waals surface area contributed by atoms with Crippen LogP contribution in [0.5, 0.6) is 23.0 Å². The zero-order valence-corrected chi connectivity index (χ0v) is 49.2. The summed E-state index contributed by atoms with van der Waals surface area (Å²) in [7, 11) is 0. The van der Waals surface area contributed by atoms with E-state index in [9.17, 15) is 29.1 Å². The smallest absolute Gasteiger partial charge is 0.317 e. The molecule has 3 atom stereocenters. The van der Waals surface area contributed by atoms with Crippen LogP contribution in [0, 0.1) is 11.8 Å². The summed E-state index contributed by atoms with van der Waals surface area (Å²) >= 11 is 0. The monoisotopic (exact) mass is 1170 g/mol. The van der Waals surface area contributed by atoms with Crippen LogP contribution in [0.3, 0.4) is 0 Å². The molecule has 14 heteroatoms. The molecular weight excluding hydrogens is 1100 g/mol. The number of aliphatic hydroxyl groups excluding tert-OH is 1. The molecule has 10 rings (SSSR count). The number of esters is 4. The molecule has 3 unspecified atom stereocenters. The Balaban J connectivity index is 0.704. The quantitative estimate of drug-likeness (QED) is 0.0278. The number of ether oxygens (including phenoxy) is 8.